The molecule has 0 radical (unpaired) electrons. The summed E-state index contributed by atoms with van der Waals surface area (Å²) in [6, 6.07) is -11.3. The van der Waals surface area contributed by atoms with Gasteiger partial charge in [0.2, 0.25) is 0 Å². The number of piperidine rings is 6. The van der Waals surface area contributed by atoms with E-state index in [-0.39, 0.29) is 222 Å². The summed E-state index contributed by atoms with van der Waals surface area (Å²) in [5.41, 5.74) is -5.68. The van der Waals surface area contributed by atoms with E-state index in [9.17, 15) is 34.8 Å². The number of ether oxygens (including phenoxy) is 12. The highest BCUT2D eigenvalue weighted by molar-refractivity contribution is 5.55. The van der Waals surface area contributed by atoms with Crippen molar-refractivity contribution in [2.75, 3.05) is 164 Å². The summed E-state index contributed by atoms with van der Waals surface area (Å²) in [5, 5.41) is 65.9. The Hall–Kier alpha value is -7.56. The lowest BCUT2D eigenvalue weighted by atomic mass is 9.75. The predicted octanol–water partition coefficient (Wildman–Crippen LogP) is 19.3. The van der Waals surface area contributed by atoms with Crippen LogP contribution in [0.25, 0.3) is 0 Å². The van der Waals surface area contributed by atoms with Crippen LogP contribution in [0.4, 0.5) is 0 Å². The Balaban J connectivity index is 0.000000190. The molecule has 24 nitrogen and oxygen atoms in total. The van der Waals surface area contributed by atoms with Gasteiger partial charge in [-0.25, -0.2) is 0 Å². The summed E-state index contributed by atoms with van der Waals surface area (Å²) < 4.78 is 508. The third kappa shape index (κ3) is 26.9. The Kier molecular flexibility index (Phi) is 20.2. The lowest BCUT2D eigenvalue weighted by Gasteiger charge is -2.47. The second-order valence-corrected chi connectivity index (χ2v) is 39.6. The molecule has 6 N–H and O–H groups in total. The molecule has 6 aromatic rings. The minimum atomic E-state index is -3.85. The molecule has 18 unspecified atom stereocenters. The molecular weight excluding hydrogens is 1780 g/mol. The molecule has 0 amide bonds. The molecular formula is C117H180N6O18. The van der Waals surface area contributed by atoms with E-state index in [4.69, 9.17) is 127 Å². The first-order valence-electron chi connectivity index (χ1n) is 75.2. The maximum atomic E-state index is 11.4. The fourth-order valence-corrected chi connectivity index (χ4v) is 21.0. The number of hydrogen-bond acceptors (Lipinski definition) is 24. The van der Waals surface area contributed by atoms with Crippen LogP contribution in [-0.2, 0) is 38.5 Å². The summed E-state index contributed by atoms with van der Waals surface area (Å²) in [4.78, 5) is 10.1. The molecule has 18 rings (SSSR count). The van der Waals surface area contributed by atoms with Gasteiger partial charge in [0, 0.05) is 152 Å². The molecule has 6 aromatic carbocycles. The van der Waals surface area contributed by atoms with Gasteiger partial charge in [0.25, 0.3) is 0 Å². The van der Waals surface area contributed by atoms with Crippen molar-refractivity contribution in [2.24, 2.45) is 69.5 Å². The van der Waals surface area contributed by atoms with E-state index < -0.39 is 256 Å². The lowest BCUT2D eigenvalue weighted by molar-refractivity contribution is -0.0259. The number of nitrogens with zero attached hydrogens (tertiary/aromatic N) is 6. The van der Waals surface area contributed by atoms with Crippen molar-refractivity contribution in [3.8, 4) is 69.0 Å². The van der Waals surface area contributed by atoms with Gasteiger partial charge in [-0.05, 0) is 324 Å². The molecule has 6 saturated heterocycles. The van der Waals surface area contributed by atoms with Crippen LogP contribution in [0.1, 0.15) is 357 Å². The molecule has 786 valence electrons. The van der Waals surface area contributed by atoms with Crippen molar-refractivity contribution in [2.45, 2.75) is 292 Å². The molecule has 0 spiro atoms. The number of methoxy groups -OCH3 is 12. The van der Waals surface area contributed by atoms with E-state index in [2.05, 4.69) is 51.3 Å². The van der Waals surface area contributed by atoms with Gasteiger partial charge in [-0.3, -0.25) is 29.4 Å². The summed E-state index contributed by atoms with van der Waals surface area (Å²) >= 11 is 0. The SMILES string of the molecule is [2H]c1c2c(c([2H])c(OC([2H])([2H])[2H])c1OC)C1([2H])CC(O)C(C([2H])([2H])C(C)(C([2H])([2H])[2H])C([2H])([2H])[2H])CN1CC2.[2H]c1c2c(c([2H])c(OC([2H])([2H])[2H])c1OC)C1([2H])CC(O)C(CC(C)C)CN1CC2.[2H]c1c2c(c([2H])c(OC([2H])([2H])[2H])c1OC)C1N(CC2)CC([2H])(C([2H])([2H])C(C)(C([2H])([2H])[2H])C([2H])([2H])[2H])C([2H])(O)C1([2H])[2H].[2H]c1c2c(c([2H])c(OC)c1OC)C1([2H])CC(O)C(C([2H])([2H])C(C)(C([2H])([2H])[2H])C([2H])([2H])[2H])CN1CC2.[2H]c1c2c(c([2H])c(OC)c1OC)C1([2H])CC(O)C(CC(C)C)CN1CC2.[2H]c1c2c(c([2H])c(OC)c1OC)C1([2H])CC(O)C(CC(C)C)CN1CC2. The van der Waals surface area contributed by atoms with E-state index in [1.165, 1.54) is 66.7 Å². The number of benzene rings is 6. The molecule has 141 heavy (non-hydrogen) atoms. The van der Waals surface area contributed by atoms with Crippen molar-refractivity contribution in [1.82, 2.24) is 29.4 Å². The molecule has 0 bridgehead atoms. The normalized spacial score (nSPS) is 38.1. The Morgan fingerprint density at radius 2 is 0.525 bits per heavy atom. The molecule has 24 heteroatoms. The molecule has 18 atom stereocenters. The monoisotopic (exact) mass is 2010 g/mol. The van der Waals surface area contributed by atoms with Gasteiger partial charge in [-0.15, -0.1) is 0 Å². The number of aliphatic hydroxyl groups is 6. The summed E-state index contributed by atoms with van der Waals surface area (Å²) in [7, 11) is 3.13. The van der Waals surface area contributed by atoms with E-state index in [1.54, 1.807) is 0 Å². The van der Waals surface area contributed by atoms with Crippen molar-refractivity contribution >= 4 is 0 Å². The summed E-state index contributed by atoms with van der Waals surface area (Å²) in [6.45, 7) is -3.32. The van der Waals surface area contributed by atoms with Crippen LogP contribution < -0.4 is 56.8 Å². The van der Waals surface area contributed by atoms with Gasteiger partial charge in [0.1, 0.15) is 0 Å². The molecule has 0 aliphatic carbocycles. The number of hydrogen-bond donors (Lipinski definition) is 6. The first-order valence-corrected chi connectivity index (χ1v) is 48.2. The quantitative estimate of drug-likeness (QED) is 0.0392. The van der Waals surface area contributed by atoms with Crippen LogP contribution in [-0.4, -0.2) is 260 Å². The van der Waals surface area contributed by atoms with Crippen molar-refractivity contribution < 1.29 is 162 Å². The molecule has 12 aliphatic heterocycles. The van der Waals surface area contributed by atoms with E-state index in [0.717, 1.165) is 45.1 Å². The molecule has 12 heterocycles. The average Bonchev–Trinajstić information content (AvgIpc) is 0.662. The van der Waals surface area contributed by atoms with Gasteiger partial charge in [-0.2, -0.15) is 0 Å². The number of fused-ring (bicyclic) bond motifs is 18. The second-order valence-electron chi connectivity index (χ2n) is 39.6. The molecule has 0 aromatic heterocycles. The zero-order valence-corrected chi connectivity index (χ0v) is 84.2. The fraction of sp³-hybridized carbons (Fsp3) is 0.692. The van der Waals surface area contributed by atoms with E-state index in [1.807, 2.05) is 4.90 Å². The standard InChI is InChI=1S/3C20H31NO3.3C19H29NO3/c3*1-20(2,3)11-14-12-21-7-6-13-8-18(23-4)19(24-5)9-15(13)16(21)10-17(14)22;3*1-12(2)7-14-11-20-6-5-13-8-18(22-3)19(23-4)9-15(13)16(20)10-17(14)21/h3*8-9,14,16-17,22H,6-7,10-12H2,1-5H3;3*8-9,12,14,16-17,21H,5-7,10-11H2,1-4H3/i1D3,2D3,5D3,8D,9D,10D2,11D2,14D,17D;1D3,2D3,5D3,8D,9D,11D2,16D;1D3,2D3,8D,9D,11D2,16D;4D3,8D,9D,16D;2*8D,9D,16D. The van der Waals surface area contributed by atoms with Crippen LogP contribution in [0.5, 0.6) is 69.0 Å². The van der Waals surface area contributed by atoms with Gasteiger partial charge < -0.3 is 87.5 Å². The van der Waals surface area contributed by atoms with E-state index in [0.29, 0.717) is 117 Å². The second kappa shape index (κ2) is 48.4. The molecule has 6 fully saturated rings. The summed E-state index contributed by atoms with van der Waals surface area (Å²) in [5.74, 6) is -6.25. The van der Waals surface area contributed by atoms with Crippen LogP contribution in [0, 0.1) is 69.5 Å². The Bertz CT molecular complexity index is 7560. The minimum Gasteiger partial charge on any atom is -0.493 e. The highest BCUT2D eigenvalue weighted by Gasteiger charge is 2.47. The van der Waals surface area contributed by atoms with Gasteiger partial charge >= 0.3 is 0 Å². The largest absolute Gasteiger partial charge is 0.493 e. The Labute approximate surface area is 922 Å². The first-order chi connectivity index (χ1) is 88.7. The van der Waals surface area contributed by atoms with Crippen molar-refractivity contribution in [1.29, 1.82) is 0 Å². The van der Waals surface area contributed by atoms with Crippen LogP contribution in [0.3, 0.4) is 0 Å². The van der Waals surface area contributed by atoms with E-state index >= 15 is 0 Å². The third-order valence-electron chi connectivity index (χ3n) is 27.4. The van der Waals surface area contributed by atoms with Crippen LogP contribution in [0.15, 0.2) is 72.5 Å². The van der Waals surface area contributed by atoms with Crippen LogP contribution in [0.2, 0.25) is 0 Å². The maximum absolute atomic E-state index is 11.4. The Morgan fingerprint density at radius 3 is 0.766 bits per heavy atom. The molecule has 12 aliphatic rings. The lowest BCUT2D eigenvalue weighted by Crippen LogP contribution is -2.48. The first kappa shape index (κ1) is 58.8. The predicted molar refractivity (Wildman–Crippen MR) is 561 cm³/mol. The van der Waals surface area contributed by atoms with Crippen LogP contribution >= 0.6 is 0 Å². The highest BCUT2D eigenvalue weighted by atomic mass is 16.5. The fourth-order valence-electron chi connectivity index (χ4n) is 21.0. The minimum absolute atomic E-state index is 0.000907. The van der Waals surface area contributed by atoms with Gasteiger partial charge in [-0.1, -0.05) is 103 Å². The maximum Gasteiger partial charge on any atom is 0.161 e. The highest BCUT2D eigenvalue weighted by Crippen LogP contribution is 2.53. The zero-order valence-electron chi connectivity index (χ0n) is 138. The van der Waals surface area contributed by atoms with Crippen molar-refractivity contribution in [3.63, 3.8) is 0 Å². The van der Waals surface area contributed by atoms with Gasteiger partial charge in [0.15, 0.2) is 69.0 Å². The zero-order chi connectivity index (χ0) is 149. The Morgan fingerprint density at radius 1 is 0.312 bits per heavy atom. The summed E-state index contributed by atoms with van der Waals surface area (Å²) in [6.07, 6.45) is -17.9. The molecule has 0 saturated carbocycles. The number of rotatable bonds is 21. The van der Waals surface area contributed by atoms with Gasteiger partial charge in [0.05, 0.1) is 159 Å². The third-order valence-corrected chi connectivity index (χ3v) is 27.4. The smallest absolute Gasteiger partial charge is 0.161 e. The van der Waals surface area contributed by atoms with Crippen molar-refractivity contribution in [3.05, 3.63) is 139 Å². The topological polar surface area (TPSA) is 252 Å². The average molecular weight is 2010 g/mol. The number of aliphatic hydroxyl groups excluding tert-OH is 5.